The summed E-state index contributed by atoms with van der Waals surface area (Å²) in [4.78, 5) is 11.8. The van der Waals surface area contributed by atoms with Crippen LogP contribution in [0.5, 0.6) is 0 Å². The van der Waals surface area contributed by atoms with Gasteiger partial charge in [0.15, 0.2) is 5.78 Å². The summed E-state index contributed by atoms with van der Waals surface area (Å²) in [5.41, 5.74) is 3.68. The summed E-state index contributed by atoms with van der Waals surface area (Å²) >= 11 is 0. The maximum absolute atomic E-state index is 11.8. The minimum absolute atomic E-state index is 0.182. The molecule has 0 radical (unpaired) electrons. The van der Waals surface area contributed by atoms with E-state index < -0.39 is 0 Å². The van der Waals surface area contributed by atoms with E-state index in [0.717, 1.165) is 34.8 Å². The Bertz CT molecular complexity index is 551. The Balaban J connectivity index is 1.72. The van der Waals surface area contributed by atoms with Gasteiger partial charge in [-0.2, -0.15) is 0 Å². The third-order valence-corrected chi connectivity index (χ3v) is 5.74. The molecular weight excluding hydrogens is 244 g/mol. The molecule has 4 saturated carbocycles. The lowest BCUT2D eigenvalue weighted by Crippen LogP contribution is -2.40. The topological polar surface area (TPSA) is 17.1 Å². The van der Waals surface area contributed by atoms with E-state index in [2.05, 4.69) is 18.2 Å². The molecule has 20 heavy (non-hydrogen) atoms. The number of ketones is 1. The van der Waals surface area contributed by atoms with Crippen molar-refractivity contribution < 1.29 is 4.79 Å². The molecule has 5 rings (SSSR count). The minimum Gasteiger partial charge on any atom is -0.294 e. The van der Waals surface area contributed by atoms with Gasteiger partial charge in [-0.15, -0.1) is 0 Å². The Morgan fingerprint density at radius 1 is 1.00 bits per heavy atom. The fraction of sp³-hybridized carbons (Fsp3) is 0.526. The molecule has 1 aromatic rings. The summed E-state index contributed by atoms with van der Waals surface area (Å²) < 4.78 is 0. The molecule has 0 aromatic heterocycles. The second kappa shape index (κ2) is 4.58. The zero-order chi connectivity index (χ0) is 13.7. The second-order valence-corrected chi connectivity index (χ2v) is 7.09. The molecule has 4 bridgehead atoms. The van der Waals surface area contributed by atoms with Gasteiger partial charge in [-0.1, -0.05) is 35.9 Å². The highest BCUT2D eigenvalue weighted by molar-refractivity contribution is 5.97. The second-order valence-electron chi connectivity index (χ2n) is 7.09. The van der Waals surface area contributed by atoms with Gasteiger partial charge in [0.1, 0.15) is 0 Å². The largest absolute Gasteiger partial charge is 0.294 e. The predicted octanol–water partition coefficient (Wildman–Crippen LogP) is 4.73. The third-order valence-electron chi connectivity index (χ3n) is 5.74. The number of carbonyl (C=O) groups is 1. The van der Waals surface area contributed by atoms with Crippen LogP contribution in [0.2, 0.25) is 0 Å². The van der Waals surface area contributed by atoms with Gasteiger partial charge in [0.05, 0.1) is 0 Å². The summed E-state index contributed by atoms with van der Waals surface area (Å²) in [6.45, 7) is 1.67. The molecule has 0 saturated heterocycles. The molecule has 0 atom stereocenters. The van der Waals surface area contributed by atoms with Crippen molar-refractivity contribution in [2.45, 2.75) is 39.0 Å². The first kappa shape index (κ1) is 12.4. The number of Topliss-reactive ketones (excluding diaryl/α,β-unsaturated/α-hetero) is 1. The van der Waals surface area contributed by atoms with Gasteiger partial charge in [0.2, 0.25) is 0 Å². The minimum atomic E-state index is 0.182. The van der Waals surface area contributed by atoms with E-state index in [9.17, 15) is 4.79 Å². The van der Waals surface area contributed by atoms with Crippen molar-refractivity contribution in [3.63, 3.8) is 0 Å². The van der Waals surface area contributed by atoms with E-state index in [1.165, 1.54) is 32.1 Å². The van der Waals surface area contributed by atoms with E-state index in [1.54, 1.807) is 12.5 Å². The highest BCUT2D eigenvalue weighted by Crippen LogP contribution is 2.56. The Morgan fingerprint density at radius 3 is 2.20 bits per heavy atom. The van der Waals surface area contributed by atoms with E-state index in [0.29, 0.717) is 0 Å². The van der Waals surface area contributed by atoms with Crippen molar-refractivity contribution in [1.29, 1.82) is 0 Å². The maximum Gasteiger partial charge on any atom is 0.160 e. The first-order chi connectivity index (χ1) is 9.70. The molecule has 1 heteroatoms. The number of hydrogen-bond donors (Lipinski definition) is 0. The SMILES string of the molecule is CC(=O)c1ccccc1C=C1C2CC3CC(C2)CC1C3. The summed E-state index contributed by atoms with van der Waals surface area (Å²) in [5, 5.41) is 0. The average molecular weight is 266 g/mol. The Labute approximate surface area is 121 Å². The van der Waals surface area contributed by atoms with Crippen LogP contribution in [-0.4, -0.2) is 5.78 Å². The summed E-state index contributed by atoms with van der Waals surface area (Å²) in [5.74, 6) is 3.80. The monoisotopic (exact) mass is 266 g/mol. The summed E-state index contributed by atoms with van der Waals surface area (Å²) in [6.07, 6.45) is 9.47. The molecule has 0 spiro atoms. The standard InChI is InChI=1S/C19H22O/c1-12(20)18-5-3-2-4-15(18)11-19-16-7-13-6-14(9-16)10-17(19)8-13/h2-5,11,13-14,16-17H,6-10H2,1H3. The van der Waals surface area contributed by atoms with Crippen LogP contribution in [0.25, 0.3) is 6.08 Å². The number of allylic oxidation sites excluding steroid dienone is 1. The van der Waals surface area contributed by atoms with Crippen molar-refractivity contribution >= 4 is 11.9 Å². The molecule has 4 aliphatic rings. The fourth-order valence-corrected chi connectivity index (χ4v) is 5.09. The number of hydrogen-bond acceptors (Lipinski definition) is 1. The molecule has 4 fully saturated rings. The quantitative estimate of drug-likeness (QED) is 0.707. The van der Waals surface area contributed by atoms with Gasteiger partial charge in [-0.25, -0.2) is 0 Å². The third kappa shape index (κ3) is 1.95. The molecule has 104 valence electrons. The van der Waals surface area contributed by atoms with Gasteiger partial charge in [0, 0.05) is 5.56 Å². The van der Waals surface area contributed by atoms with Crippen LogP contribution in [0.1, 0.15) is 54.9 Å². The van der Waals surface area contributed by atoms with Crippen LogP contribution in [0.15, 0.2) is 29.8 Å². The van der Waals surface area contributed by atoms with Crippen molar-refractivity contribution in [3.8, 4) is 0 Å². The van der Waals surface area contributed by atoms with Crippen LogP contribution < -0.4 is 0 Å². The molecule has 4 aliphatic carbocycles. The highest BCUT2D eigenvalue weighted by atomic mass is 16.1. The Kier molecular flexibility index (Phi) is 2.83. The maximum atomic E-state index is 11.8. The highest BCUT2D eigenvalue weighted by Gasteiger charge is 2.44. The average Bonchev–Trinajstić information content (AvgIpc) is 2.42. The molecule has 0 heterocycles. The first-order valence-electron chi connectivity index (χ1n) is 8.02. The number of benzene rings is 1. The van der Waals surface area contributed by atoms with Crippen molar-refractivity contribution in [3.05, 3.63) is 41.0 Å². The van der Waals surface area contributed by atoms with Gasteiger partial charge in [0.25, 0.3) is 0 Å². The van der Waals surface area contributed by atoms with Crippen molar-refractivity contribution in [2.24, 2.45) is 23.7 Å². The van der Waals surface area contributed by atoms with E-state index >= 15 is 0 Å². The number of rotatable bonds is 2. The van der Waals surface area contributed by atoms with E-state index in [1.807, 2.05) is 12.1 Å². The van der Waals surface area contributed by atoms with E-state index in [-0.39, 0.29) is 5.78 Å². The molecular formula is C19H22O. The Morgan fingerprint density at radius 2 is 1.60 bits per heavy atom. The van der Waals surface area contributed by atoms with Crippen LogP contribution in [-0.2, 0) is 0 Å². The van der Waals surface area contributed by atoms with Crippen LogP contribution >= 0.6 is 0 Å². The molecule has 1 nitrogen and oxygen atoms in total. The smallest absolute Gasteiger partial charge is 0.160 e. The van der Waals surface area contributed by atoms with Crippen molar-refractivity contribution in [1.82, 2.24) is 0 Å². The van der Waals surface area contributed by atoms with Gasteiger partial charge in [-0.05, 0) is 68.3 Å². The normalized spacial score (nSPS) is 34.4. The Hall–Kier alpha value is -1.37. The lowest BCUT2D eigenvalue weighted by Gasteiger charge is -2.51. The molecule has 0 aliphatic heterocycles. The van der Waals surface area contributed by atoms with Gasteiger partial charge < -0.3 is 0 Å². The fourth-order valence-electron chi connectivity index (χ4n) is 5.09. The molecule has 1 aromatic carbocycles. The zero-order valence-electron chi connectivity index (χ0n) is 12.1. The zero-order valence-corrected chi connectivity index (χ0v) is 12.1. The molecule has 0 amide bonds. The van der Waals surface area contributed by atoms with Crippen LogP contribution in [0, 0.1) is 23.7 Å². The number of carbonyl (C=O) groups excluding carboxylic acids is 1. The van der Waals surface area contributed by atoms with Crippen LogP contribution in [0.3, 0.4) is 0 Å². The van der Waals surface area contributed by atoms with Gasteiger partial charge in [-0.3, -0.25) is 4.79 Å². The molecule has 0 N–H and O–H groups in total. The first-order valence-corrected chi connectivity index (χ1v) is 8.02. The predicted molar refractivity (Wildman–Crippen MR) is 81.5 cm³/mol. The molecule has 0 unspecified atom stereocenters. The van der Waals surface area contributed by atoms with Crippen molar-refractivity contribution in [2.75, 3.05) is 0 Å². The summed E-state index contributed by atoms with van der Waals surface area (Å²) in [6, 6.07) is 8.09. The summed E-state index contributed by atoms with van der Waals surface area (Å²) in [7, 11) is 0. The lowest BCUT2D eigenvalue weighted by molar-refractivity contribution is 0.0710. The van der Waals surface area contributed by atoms with Gasteiger partial charge >= 0.3 is 0 Å². The van der Waals surface area contributed by atoms with E-state index in [4.69, 9.17) is 0 Å². The lowest BCUT2D eigenvalue weighted by atomic mass is 9.54. The van der Waals surface area contributed by atoms with Crippen LogP contribution in [0.4, 0.5) is 0 Å².